The summed E-state index contributed by atoms with van der Waals surface area (Å²) >= 11 is 0. The van der Waals surface area contributed by atoms with Crippen LogP contribution in [0.2, 0.25) is 0 Å². The molecule has 1 aromatic carbocycles. The van der Waals surface area contributed by atoms with Gasteiger partial charge in [0, 0.05) is 23.1 Å². The molecule has 7 heteroatoms. The number of carbonyl (C=O) groups is 1. The van der Waals surface area contributed by atoms with Crippen LogP contribution in [0.4, 0.5) is 4.79 Å². The molecule has 0 unspecified atom stereocenters. The smallest absolute Gasteiger partial charge is 0.410 e. The molecular weight excluding hydrogens is 394 g/mol. The maximum atomic E-state index is 12.6. The third-order valence-electron chi connectivity index (χ3n) is 5.26. The monoisotopic (exact) mass is 423 g/mol. The zero-order valence-electron chi connectivity index (χ0n) is 18.1. The molecule has 2 N–H and O–H groups in total. The van der Waals surface area contributed by atoms with Crippen molar-refractivity contribution < 1.29 is 19.7 Å². The van der Waals surface area contributed by atoms with Crippen LogP contribution >= 0.6 is 0 Å². The Labute approximate surface area is 182 Å². The number of hydrogen-bond donors (Lipinski definition) is 2. The van der Waals surface area contributed by atoms with Gasteiger partial charge < -0.3 is 24.4 Å². The highest BCUT2D eigenvalue weighted by Crippen LogP contribution is 2.19. The molecule has 3 aromatic rings. The summed E-state index contributed by atoms with van der Waals surface area (Å²) in [5.41, 5.74) is 3.59. The number of carbonyl (C=O) groups excluding carboxylic acids is 1. The highest BCUT2D eigenvalue weighted by molar-refractivity contribution is 5.68. The van der Waals surface area contributed by atoms with Crippen LogP contribution in [0.1, 0.15) is 35.5 Å². The number of rotatable bonds is 8. The first-order valence-corrected chi connectivity index (χ1v) is 10.3. The van der Waals surface area contributed by atoms with E-state index < -0.39 is 18.2 Å². The van der Waals surface area contributed by atoms with Gasteiger partial charge in [-0.3, -0.25) is 0 Å². The quantitative estimate of drug-likeness (QED) is 0.579. The number of ether oxygens (including phenoxy) is 1. The average molecular weight is 424 g/mol. The number of aliphatic hydroxyl groups excluding tert-OH is 2. The largest absolute Gasteiger partial charge is 0.445 e. The van der Waals surface area contributed by atoms with Gasteiger partial charge in [-0.05, 0) is 44.5 Å². The Kier molecular flexibility index (Phi) is 7.44. The predicted octanol–water partition coefficient (Wildman–Crippen LogP) is 3.54. The molecule has 0 spiro atoms. The van der Waals surface area contributed by atoms with Gasteiger partial charge in [0.2, 0.25) is 0 Å². The number of aliphatic hydroxyl groups is 2. The van der Waals surface area contributed by atoms with Gasteiger partial charge in [-0.15, -0.1) is 0 Å². The number of aryl methyl sites for hydroxylation is 2. The SMILES string of the molecule is Cc1ccc(C)n1-c1ccc([C@H](O)CN(C(=O)OCc2ccccc2)[C@@H](C)CO)cn1. The molecule has 0 bridgehead atoms. The minimum atomic E-state index is -0.966. The van der Waals surface area contributed by atoms with Gasteiger partial charge in [-0.25, -0.2) is 9.78 Å². The van der Waals surface area contributed by atoms with E-state index in [4.69, 9.17) is 4.74 Å². The average Bonchev–Trinajstić information content (AvgIpc) is 3.13. The Bertz CT molecular complexity index is 966. The van der Waals surface area contributed by atoms with E-state index in [9.17, 15) is 15.0 Å². The second-order valence-corrected chi connectivity index (χ2v) is 7.64. The van der Waals surface area contributed by atoms with Crippen molar-refractivity contribution >= 4 is 6.09 Å². The summed E-state index contributed by atoms with van der Waals surface area (Å²) in [5, 5.41) is 20.3. The molecule has 2 atom stereocenters. The van der Waals surface area contributed by atoms with Gasteiger partial charge in [-0.2, -0.15) is 0 Å². The lowest BCUT2D eigenvalue weighted by Gasteiger charge is -2.29. The van der Waals surface area contributed by atoms with E-state index in [1.807, 2.05) is 66.9 Å². The molecule has 2 heterocycles. The lowest BCUT2D eigenvalue weighted by molar-refractivity contribution is 0.0412. The summed E-state index contributed by atoms with van der Waals surface area (Å²) in [5.74, 6) is 0.763. The molecule has 0 aliphatic carbocycles. The fourth-order valence-corrected chi connectivity index (χ4v) is 3.38. The lowest BCUT2D eigenvalue weighted by Crippen LogP contribution is -2.43. The first-order valence-electron chi connectivity index (χ1n) is 10.3. The number of amides is 1. The minimum absolute atomic E-state index is 0.0159. The standard InChI is InChI=1S/C24H29N3O4/c1-17-9-10-18(2)27(17)23-12-11-21(13-25-23)22(29)14-26(19(3)15-28)24(30)31-16-20-7-5-4-6-8-20/h4-13,19,22,28-29H,14-16H2,1-3H3/t19-,22+/m0/s1. The first kappa shape index (κ1) is 22.5. The maximum Gasteiger partial charge on any atom is 0.410 e. The maximum absolute atomic E-state index is 12.6. The van der Waals surface area contributed by atoms with Gasteiger partial charge in [0.1, 0.15) is 12.4 Å². The lowest BCUT2D eigenvalue weighted by atomic mass is 10.1. The Hall–Kier alpha value is -3.16. The van der Waals surface area contributed by atoms with Gasteiger partial charge in [-0.1, -0.05) is 36.4 Å². The highest BCUT2D eigenvalue weighted by Gasteiger charge is 2.25. The van der Waals surface area contributed by atoms with E-state index in [1.165, 1.54) is 4.90 Å². The third-order valence-corrected chi connectivity index (χ3v) is 5.26. The van der Waals surface area contributed by atoms with Crippen molar-refractivity contribution in [1.29, 1.82) is 0 Å². The topological polar surface area (TPSA) is 87.8 Å². The number of benzene rings is 1. The first-order chi connectivity index (χ1) is 14.9. The van der Waals surface area contributed by atoms with E-state index in [-0.39, 0.29) is 19.8 Å². The van der Waals surface area contributed by atoms with Crippen molar-refractivity contribution in [3.05, 3.63) is 83.3 Å². The molecular formula is C24H29N3O4. The Morgan fingerprint density at radius 1 is 1.10 bits per heavy atom. The minimum Gasteiger partial charge on any atom is -0.445 e. The van der Waals surface area contributed by atoms with Crippen molar-refractivity contribution in [2.45, 2.75) is 39.5 Å². The summed E-state index contributed by atoms with van der Waals surface area (Å²) in [6.45, 7) is 5.58. The van der Waals surface area contributed by atoms with Crippen LogP contribution in [0, 0.1) is 13.8 Å². The highest BCUT2D eigenvalue weighted by atomic mass is 16.6. The zero-order valence-corrected chi connectivity index (χ0v) is 18.1. The number of nitrogens with zero attached hydrogens (tertiary/aromatic N) is 3. The summed E-state index contributed by atoms with van der Waals surface area (Å²) < 4.78 is 7.42. The number of hydrogen-bond acceptors (Lipinski definition) is 5. The Balaban J connectivity index is 1.68. The van der Waals surface area contributed by atoms with Crippen LogP contribution in [0.5, 0.6) is 0 Å². The molecule has 0 fully saturated rings. The van der Waals surface area contributed by atoms with Crippen molar-refractivity contribution in [1.82, 2.24) is 14.5 Å². The van der Waals surface area contributed by atoms with Crippen LogP contribution in [-0.2, 0) is 11.3 Å². The van der Waals surface area contributed by atoms with E-state index in [2.05, 4.69) is 4.98 Å². The van der Waals surface area contributed by atoms with Crippen LogP contribution in [0.15, 0.2) is 60.8 Å². The van der Waals surface area contributed by atoms with Gasteiger partial charge in [0.05, 0.1) is 25.3 Å². The van der Waals surface area contributed by atoms with Crippen molar-refractivity contribution in [2.24, 2.45) is 0 Å². The van der Waals surface area contributed by atoms with Crippen molar-refractivity contribution in [2.75, 3.05) is 13.2 Å². The molecule has 3 rings (SSSR count). The molecule has 7 nitrogen and oxygen atoms in total. The van der Waals surface area contributed by atoms with Gasteiger partial charge in [0.15, 0.2) is 0 Å². The Morgan fingerprint density at radius 3 is 2.35 bits per heavy atom. The predicted molar refractivity (Wildman–Crippen MR) is 118 cm³/mol. The van der Waals surface area contributed by atoms with Crippen molar-refractivity contribution in [3.63, 3.8) is 0 Å². The second-order valence-electron chi connectivity index (χ2n) is 7.64. The number of aromatic nitrogens is 2. The van der Waals surface area contributed by atoms with Crippen LogP contribution in [0.3, 0.4) is 0 Å². The summed E-state index contributed by atoms with van der Waals surface area (Å²) in [6.07, 6.45) is 0.0509. The Morgan fingerprint density at radius 2 is 1.77 bits per heavy atom. The molecule has 164 valence electrons. The second kappa shape index (κ2) is 10.2. The normalized spacial score (nSPS) is 12.9. The van der Waals surface area contributed by atoms with E-state index in [1.54, 1.807) is 19.2 Å². The molecule has 0 aliphatic heterocycles. The van der Waals surface area contributed by atoms with Crippen LogP contribution in [-0.4, -0.2) is 50.0 Å². The van der Waals surface area contributed by atoms with Gasteiger partial charge >= 0.3 is 6.09 Å². The van der Waals surface area contributed by atoms with Gasteiger partial charge in [0.25, 0.3) is 0 Å². The van der Waals surface area contributed by atoms with Crippen LogP contribution < -0.4 is 0 Å². The molecule has 31 heavy (non-hydrogen) atoms. The summed E-state index contributed by atoms with van der Waals surface area (Å²) in [6, 6.07) is 16.5. The van der Waals surface area contributed by atoms with E-state index >= 15 is 0 Å². The zero-order chi connectivity index (χ0) is 22.4. The molecule has 0 radical (unpaired) electrons. The molecule has 1 amide bonds. The summed E-state index contributed by atoms with van der Waals surface area (Å²) in [4.78, 5) is 18.4. The fraction of sp³-hybridized carbons (Fsp3) is 0.333. The molecule has 0 saturated heterocycles. The van der Waals surface area contributed by atoms with Crippen molar-refractivity contribution in [3.8, 4) is 5.82 Å². The third kappa shape index (κ3) is 5.51. The molecule has 0 saturated carbocycles. The number of pyridine rings is 1. The summed E-state index contributed by atoms with van der Waals surface area (Å²) in [7, 11) is 0. The van der Waals surface area contributed by atoms with E-state index in [0.717, 1.165) is 22.8 Å². The molecule has 0 aliphatic rings. The fourth-order valence-electron chi connectivity index (χ4n) is 3.38. The molecule has 2 aromatic heterocycles. The van der Waals surface area contributed by atoms with E-state index in [0.29, 0.717) is 5.56 Å². The van der Waals surface area contributed by atoms with Crippen LogP contribution in [0.25, 0.3) is 5.82 Å².